The van der Waals surface area contributed by atoms with Crippen LogP contribution >= 0.6 is 0 Å². The van der Waals surface area contributed by atoms with Crippen molar-refractivity contribution in [2.45, 2.75) is 65.9 Å². The highest BCUT2D eigenvalue weighted by molar-refractivity contribution is 6.02. The summed E-state index contributed by atoms with van der Waals surface area (Å²) in [7, 11) is 0. The van der Waals surface area contributed by atoms with Crippen molar-refractivity contribution in [1.29, 1.82) is 0 Å². The fourth-order valence-corrected chi connectivity index (χ4v) is 7.12. The van der Waals surface area contributed by atoms with Crippen LogP contribution in [0.25, 0.3) is 0 Å². The van der Waals surface area contributed by atoms with Crippen molar-refractivity contribution < 1.29 is 19.1 Å². The molecule has 4 aliphatic carbocycles. The Morgan fingerprint density at radius 3 is 2.43 bits per heavy atom. The Morgan fingerprint density at radius 1 is 1.11 bits per heavy atom. The van der Waals surface area contributed by atoms with Crippen molar-refractivity contribution in [3.8, 4) is 0 Å². The van der Waals surface area contributed by atoms with E-state index >= 15 is 0 Å². The predicted octanol–water partition coefficient (Wildman–Crippen LogP) is 4.35. The van der Waals surface area contributed by atoms with E-state index in [1.54, 1.807) is 19.1 Å². The second-order valence-electron chi connectivity index (χ2n) is 9.69. The minimum Gasteiger partial charge on any atom is -0.451 e. The first-order chi connectivity index (χ1) is 13.0. The van der Waals surface area contributed by atoms with Crippen LogP contribution in [0.2, 0.25) is 0 Å². The maximum absolute atomic E-state index is 12.8. The Morgan fingerprint density at radius 2 is 1.79 bits per heavy atom. The number of esters is 1. The van der Waals surface area contributed by atoms with Crippen LogP contribution in [-0.2, 0) is 19.1 Å². The summed E-state index contributed by atoms with van der Waals surface area (Å²) in [5, 5.41) is 0. The van der Waals surface area contributed by atoms with E-state index in [1.807, 2.05) is 0 Å². The Bertz CT molecular complexity index is 862. The first-order valence-electron chi connectivity index (χ1n) is 10.4. The zero-order valence-electron chi connectivity index (χ0n) is 17.5. The van der Waals surface area contributed by atoms with Gasteiger partial charge in [0, 0.05) is 17.8 Å². The molecule has 2 saturated carbocycles. The smallest absolute Gasteiger partial charge is 0.303 e. The number of allylic oxidation sites excluding steroid dienone is 6. The highest BCUT2D eigenvalue weighted by Gasteiger charge is 2.67. The topological polar surface area (TPSA) is 60.4 Å². The van der Waals surface area contributed by atoms with Crippen LogP contribution < -0.4 is 0 Å². The summed E-state index contributed by atoms with van der Waals surface area (Å²) in [5.74, 6) is 0.651. The van der Waals surface area contributed by atoms with Gasteiger partial charge in [0.15, 0.2) is 17.2 Å². The molecule has 0 amide bonds. The van der Waals surface area contributed by atoms with E-state index in [4.69, 9.17) is 4.74 Å². The minimum atomic E-state index is -1.01. The largest absolute Gasteiger partial charge is 0.451 e. The van der Waals surface area contributed by atoms with Gasteiger partial charge in [-0.05, 0) is 75.0 Å². The van der Waals surface area contributed by atoms with Gasteiger partial charge in [0.25, 0.3) is 0 Å². The molecule has 4 heteroatoms. The zero-order valence-corrected chi connectivity index (χ0v) is 17.5. The second-order valence-corrected chi connectivity index (χ2v) is 9.69. The van der Waals surface area contributed by atoms with Crippen LogP contribution in [-0.4, -0.2) is 23.1 Å². The summed E-state index contributed by atoms with van der Waals surface area (Å²) in [6.07, 6.45) is 11.2. The zero-order chi connectivity index (χ0) is 20.5. The molecule has 28 heavy (non-hydrogen) atoms. The molecule has 0 N–H and O–H groups in total. The fourth-order valence-electron chi connectivity index (χ4n) is 7.12. The van der Waals surface area contributed by atoms with E-state index in [2.05, 4.69) is 32.9 Å². The van der Waals surface area contributed by atoms with Crippen molar-refractivity contribution in [2.24, 2.45) is 28.6 Å². The van der Waals surface area contributed by atoms with Gasteiger partial charge in [-0.15, -0.1) is 0 Å². The van der Waals surface area contributed by atoms with E-state index in [1.165, 1.54) is 12.5 Å². The lowest BCUT2D eigenvalue weighted by molar-refractivity contribution is -0.184. The van der Waals surface area contributed by atoms with E-state index in [0.29, 0.717) is 18.3 Å². The maximum atomic E-state index is 12.8. The molecule has 4 nitrogen and oxygen atoms in total. The van der Waals surface area contributed by atoms with Gasteiger partial charge in [-0.25, -0.2) is 0 Å². The summed E-state index contributed by atoms with van der Waals surface area (Å²) in [6, 6.07) is 0. The number of rotatable bonds is 2. The number of fused-ring (bicyclic) bond motifs is 5. The van der Waals surface area contributed by atoms with Crippen molar-refractivity contribution >= 4 is 17.5 Å². The van der Waals surface area contributed by atoms with Crippen LogP contribution in [0.3, 0.4) is 0 Å². The van der Waals surface area contributed by atoms with Crippen molar-refractivity contribution in [3.63, 3.8) is 0 Å². The normalized spacial score (nSPS) is 44.0. The van der Waals surface area contributed by atoms with Crippen molar-refractivity contribution in [1.82, 2.24) is 0 Å². The molecule has 0 spiro atoms. The molecule has 150 valence electrons. The van der Waals surface area contributed by atoms with Gasteiger partial charge in [-0.2, -0.15) is 0 Å². The summed E-state index contributed by atoms with van der Waals surface area (Å²) in [6.45, 7) is 9.47. The standard InChI is InChI=1S/C24H30O4/c1-14-12-18-19(22(4)9-6-17(27)13-21(14)22)7-10-23(5)20(18)8-11-24(23,15(2)25)28-16(3)26/h6,9,12-13,18-20H,7-8,10-11H2,1-5H3. The van der Waals surface area contributed by atoms with Crippen LogP contribution in [0, 0.1) is 28.6 Å². The summed E-state index contributed by atoms with van der Waals surface area (Å²) < 4.78 is 5.81. The SMILES string of the molecule is CC(=O)OC1(C(C)=O)CCC2C3C=C(C)C4=CC(=O)C=CC4(C)C3CCC21C. The summed E-state index contributed by atoms with van der Waals surface area (Å²) in [4.78, 5) is 36.6. The molecule has 4 aliphatic rings. The number of ether oxygens (including phenoxy) is 1. The molecule has 0 heterocycles. The van der Waals surface area contributed by atoms with Crippen LogP contribution in [0.5, 0.6) is 0 Å². The molecular weight excluding hydrogens is 352 g/mol. The number of carbonyl (C=O) groups is 3. The lowest BCUT2D eigenvalue weighted by atomic mass is 9.48. The fraction of sp³-hybridized carbons (Fsp3) is 0.625. The highest BCUT2D eigenvalue weighted by Crippen LogP contribution is 2.67. The van der Waals surface area contributed by atoms with Crippen LogP contribution in [0.1, 0.15) is 60.3 Å². The Hall–Kier alpha value is -1.97. The van der Waals surface area contributed by atoms with Crippen LogP contribution in [0.4, 0.5) is 0 Å². The van der Waals surface area contributed by atoms with Gasteiger partial charge in [0.05, 0.1) is 0 Å². The third kappa shape index (κ3) is 2.33. The van der Waals surface area contributed by atoms with Gasteiger partial charge in [0.1, 0.15) is 0 Å². The summed E-state index contributed by atoms with van der Waals surface area (Å²) >= 11 is 0. The average molecular weight is 383 g/mol. The molecule has 0 aromatic heterocycles. The van der Waals surface area contributed by atoms with E-state index in [0.717, 1.165) is 24.8 Å². The first kappa shape index (κ1) is 19.4. The van der Waals surface area contributed by atoms with Crippen molar-refractivity contribution in [2.75, 3.05) is 0 Å². The third-order valence-corrected chi connectivity index (χ3v) is 8.44. The number of carbonyl (C=O) groups excluding carboxylic acids is 3. The molecule has 6 unspecified atom stereocenters. The molecule has 4 rings (SSSR count). The molecule has 0 saturated heterocycles. The first-order valence-corrected chi connectivity index (χ1v) is 10.4. The number of hydrogen-bond donors (Lipinski definition) is 0. The monoisotopic (exact) mass is 382 g/mol. The van der Waals surface area contributed by atoms with E-state index in [9.17, 15) is 14.4 Å². The average Bonchev–Trinajstić information content (AvgIpc) is 2.90. The second kappa shape index (κ2) is 6.01. The van der Waals surface area contributed by atoms with E-state index < -0.39 is 5.60 Å². The van der Waals surface area contributed by atoms with Crippen molar-refractivity contribution in [3.05, 3.63) is 35.5 Å². The molecule has 0 aromatic carbocycles. The maximum Gasteiger partial charge on any atom is 0.303 e. The number of hydrogen-bond acceptors (Lipinski definition) is 4. The Balaban J connectivity index is 1.80. The molecular formula is C24H30O4. The van der Waals surface area contributed by atoms with Crippen LogP contribution in [0.15, 0.2) is 35.5 Å². The minimum absolute atomic E-state index is 0.0300. The lowest BCUT2D eigenvalue weighted by Crippen LogP contribution is -2.58. The van der Waals surface area contributed by atoms with Gasteiger partial charge in [0.2, 0.25) is 0 Å². The molecule has 0 aliphatic heterocycles. The predicted molar refractivity (Wildman–Crippen MR) is 106 cm³/mol. The number of ketones is 2. The third-order valence-electron chi connectivity index (χ3n) is 8.44. The van der Waals surface area contributed by atoms with Gasteiger partial charge in [-0.3, -0.25) is 14.4 Å². The molecule has 6 atom stereocenters. The van der Waals surface area contributed by atoms with Gasteiger partial charge < -0.3 is 4.74 Å². The van der Waals surface area contributed by atoms with Gasteiger partial charge >= 0.3 is 5.97 Å². The molecule has 0 radical (unpaired) electrons. The highest BCUT2D eigenvalue weighted by atomic mass is 16.6. The molecule has 2 fully saturated rings. The van der Waals surface area contributed by atoms with E-state index in [-0.39, 0.29) is 34.3 Å². The lowest BCUT2D eigenvalue weighted by Gasteiger charge is -2.57. The molecule has 0 bridgehead atoms. The van der Waals surface area contributed by atoms with Gasteiger partial charge in [-0.1, -0.05) is 31.6 Å². The molecule has 0 aromatic rings. The number of Topliss-reactive ketones (excluding diaryl/α,β-unsaturated/α-hetero) is 1. The summed E-state index contributed by atoms with van der Waals surface area (Å²) in [5.41, 5.74) is 0.792. The quantitative estimate of drug-likeness (QED) is 0.666. The Labute approximate surface area is 167 Å². The Kier molecular flexibility index (Phi) is 4.16.